The maximum atomic E-state index is 12.8. The first kappa shape index (κ1) is 84.2. The number of carbonyl (C=O) groups is 7. The molecule has 0 unspecified atom stereocenters. The number of likely N-dealkylation sites (N-methyl/N-ethyl adjacent to an activating group) is 1. The number of hydrogen-bond acceptors (Lipinski definition) is 30. The summed E-state index contributed by atoms with van der Waals surface area (Å²) in [6.07, 6.45) is 8.04. The van der Waals surface area contributed by atoms with Crippen LogP contribution in [0.15, 0.2) is 168 Å². The Morgan fingerprint density at radius 3 is 1.00 bits per heavy atom. The van der Waals surface area contributed by atoms with E-state index >= 15 is 0 Å². The van der Waals surface area contributed by atoms with Gasteiger partial charge in [0.25, 0.3) is 29.5 Å². The Kier molecular flexibility index (Phi) is 25.3. The molecule has 4 aromatic carbocycles. The molecule has 0 radical (unpaired) electrons. The smallest absolute Gasteiger partial charge is 0.270 e. The average molecular weight is 1800 g/mol. The maximum absolute atomic E-state index is 12.8. The molecule has 18 rings (SSSR count). The van der Waals surface area contributed by atoms with Gasteiger partial charge < -0.3 is 90.9 Å². The van der Waals surface area contributed by atoms with Crippen LogP contribution in [0, 0.1) is 0 Å². The van der Waals surface area contributed by atoms with Crippen LogP contribution in [0.5, 0.6) is 0 Å². The summed E-state index contributed by atoms with van der Waals surface area (Å²) in [4.78, 5) is 146. The number of fused-ring (bicyclic) bond motifs is 8. The number of aliphatic hydroxyl groups is 1. The molecular weight excluding hydrogens is 1720 g/mol. The van der Waals surface area contributed by atoms with E-state index in [1.807, 2.05) is 147 Å². The summed E-state index contributed by atoms with van der Waals surface area (Å²) < 4.78 is 0. The molecule has 626 valence electrons. The van der Waals surface area contributed by atoms with Gasteiger partial charge in [-0.1, -0.05) is 15.9 Å². The molecule has 0 spiro atoms. The molecule has 2 fully saturated rings. The minimum atomic E-state index is -0.268. The van der Waals surface area contributed by atoms with Crippen LogP contribution in [0.2, 0.25) is 0 Å². The summed E-state index contributed by atoms with van der Waals surface area (Å²) in [6, 6.07) is 37.5. The van der Waals surface area contributed by atoms with Gasteiger partial charge in [0, 0.05) is 141 Å². The molecule has 14 heterocycles. The number of anilines is 23. The van der Waals surface area contributed by atoms with Crippen molar-refractivity contribution < 1.29 is 38.7 Å². The summed E-state index contributed by atoms with van der Waals surface area (Å²) in [5.74, 6) is 3.55. The van der Waals surface area contributed by atoms with Gasteiger partial charge in [0.05, 0.1) is 59.0 Å². The van der Waals surface area contributed by atoms with Gasteiger partial charge in [-0.2, -0.15) is 19.9 Å². The maximum Gasteiger partial charge on any atom is 0.270 e. The highest BCUT2D eigenvalue weighted by atomic mass is 79.9. The van der Waals surface area contributed by atoms with Gasteiger partial charge in [-0.3, -0.25) is 33.6 Å². The number of hydrogen-bond donors (Lipinski definition) is 7. The van der Waals surface area contributed by atoms with Crippen molar-refractivity contribution in [3.05, 3.63) is 193 Å². The lowest BCUT2D eigenvalue weighted by Gasteiger charge is -2.32. The molecule has 0 aliphatic carbocycles. The summed E-state index contributed by atoms with van der Waals surface area (Å²) in [6.45, 7) is 5.01. The molecule has 6 aliphatic heterocycles. The minimum absolute atomic E-state index is 0.0526. The zero-order chi connectivity index (χ0) is 85.7. The summed E-state index contributed by atoms with van der Waals surface area (Å²) in [5, 5.41) is 35.8. The van der Waals surface area contributed by atoms with Gasteiger partial charge in [-0.25, -0.2) is 19.9 Å². The number of amides is 7. The highest BCUT2D eigenvalue weighted by molar-refractivity contribution is 9.09. The number of aliphatic hydroxyl groups excluding tert-OH is 1. The van der Waals surface area contributed by atoms with Crippen LogP contribution >= 0.6 is 72.9 Å². The lowest BCUT2D eigenvalue weighted by atomic mass is 10.1. The predicted octanol–water partition coefficient (Wildman–Crippen LogP) is 14.4. The summed E-state index contributed by atoms with van der Waals surface area (Å²) in [5.41, 5.74) is 12.2. The van der Waals surface area contributed by atoms with Crippen LogP contribution in [0.3, 0.4) is 0 Å². The fourth-order valence-corrected chi connectivity index (χ4v) is 17.8. The van der Waals surface area contributed by atoms with Gasteiger partial charge in [0.15, 0.2) is 23.3 Å². The minimum Gasteiger partial charge on any atom is -0.393 e. The van der Waals surface area contributed by atoms with Crippen molar-refractivity contribution in [1.29, 1.82) is 0 Å². The van der Waals surface area contributed by atoms with Crippen molar-refractivity contribution >= 4 is 247 Å². The normalized spacial score (nSPS) is 14.8. The van der Waals surface area contributed by atoms with Crippen molar-refractivity contribution in [3.8, 4) is 0 Å². The van der Waals surface area contributed by atoms with Crippen molar-refractivity contribution in [2.45, 2.75) is 18.9 Å². The van der Waals surface area contributed by atoms with Crippen LogP contribution in [-0.2, 0) is 9.59 Å². The third-order valence-electron chi connectivity index (χ3n) is 21.0. The van der Waals surface area contributed by atoms with E-state index in [0.717, 1.165) is 103 Å². The van der Waals surface area contributed by atoms with E-state index in [4.69, 9.17) is 16.6 Å². The molecule has 6 aliphatic rings. The molecule has 0 saturated carbocycles. The number of nitrogens with one attached hydrogen (secondary N) is 6. The largest absolute Gasteiger partial charge is 0.393 e. The molecule has 39 heteroatoms. The quantitative estimate of drug-likeness (QED) is 0.0497. The molecule has 7 amide bonds. The predicted molar refractivity (Wildman–Crippen MR) is 490 cm³/mol. The topological polar surface area (TPSA) is 351 Å². The van der Waals surface area contributed by atoms with Crippen LogP contribution in [-0.4, -0.2) is 216 Å². The number of carbonyl (C=O) groups excluding carboxylic acids is 7. The monoisotopic (exact) mass is 1800 g/mol. The van der Waals surface area contributed by atoms with Gasteiger partial charge in [0.2, 0.25) is 35.6 Å². The fourth-order valence-electron chi connectivity index (χ4n) is 14.0. The molecule has 122 heavy (non-hydrogen) atoms. The zero-order valence-electron chi connectivity index (χ0n) is 67.5. The van der Waals surface area contributed by atoms with E-state index in [1.54, 1.807) is 109 Å². The third kappa shape index (κ3) is 18.0. The molecule has 7 N–H and O–H groups in total. The number of halogens is 2. The third-order valence-corrected chi connectivity index (χ3v) is 25.3. The van der Waals surface area contributed by atoms with E-state index in [-0.39, 0.29) is 58.7 Å². The Bertz CT molecular complexity index is 5730. The molecule has 0 bridgehead atoms. The first-order chi connectivity index (χ1) is 58.9. The van der Waals surface area contributed by atoms with Crippen LogP contribution in [0.25, 0.3) is 0 Å². The van der Waals surface area contributed by atoms with Gasteiger partial charge in [-0.05, 0) is 163 Å². The highest BCUT2D eigenvalue weighted by Crippen LogP contribution is 2.45. The van der Waals surface area contributed by atoms with E-state index < -0.39 is 0 Å². The van der Waals surface area contributed by atoms with E-state index in [2.05, 4.69) is 112 Å². The number of piperazine rings is 1. The van der Waals surface area contributed by atoms with Crippen molar-refractivity contribution in [1.82, 2.24) is 49.7 Å². The van der Waals surface area contributed by atoms with E-state index in [0.29, 0.717) is 106 Å². The highest BCUT2D eigenvalue weighted by Gasteiger charge is 2.36. The van der Waals surface area contributed by atoms with Crippen LogP contribution < -0.4 is 76.0 Å². The number of alkyl halides is 2. The molecular formula is C83H83BrClN25O8S4. The lowest BCUT2D eigenvalue weighted by Crippen LogP contribution is -2.47. The Hall–Kier alpha value is -12.8. The number of rotatable bonds is 14. The molecule has 8 aromatic heterocycles. The number of aromatic nitrogens is 8. The van der Waals surface area contributed by atoms with Gasteiger partial charge in [-0.15, -0.1) is 56.9 Å². The Balaban J connectivity index is 0.000000127. The number of benzene rings is 4. The van der Waals surface area contributed by atoms with Crippen LogP contribution in [0.4, 0.5) is 132 Å². The van der Waals surface area contributed by atoms with Crippen molar-refractivity contribution in [3.63, 3.8) is 0 Å². The van der Waals surface area contributed by atoms with E-state index in [1.165, 1.54) is 45.3 Å². The first-order valence-electron chi connectivity index (χ1n) is 38.3. The molecule has 2 saturated heterocycles. The van der Waals surface area contributed by atoms with E-state index in [9.17, 15) is 38.7 Å². The SMILES string of the molecule is CN1C(=O)c2sccc2N(C)c2nc(Nc3ccc(N4CCC(O)CC4)cc3)ncc21.CN1C(=O)c2sccc2N(C)c2nc(Nc3ccc(NC(=O)CBr)cc3)ncc21.CN1C(=O)c2sccc2N(C)c2nc(Nc3ccc(NC(=O)CCl)cc3)ncc21.CN1CCN(C(=O)c2ccc(Nc3ncc4c(n3)N(C)c3ccsc3C(=O)N4C)cc2)CC1. The molecule has 33 nitrogen and oxygen atoms in total. The Labute approximate surface area is 731 Å². The second-order valence-electron chi connectivity index (χ2n) is 28.8. The fraction of sp³-hybridized carbons (Fsp3) is 0.241. The molecule has 12 aromatic rings. The van der Waals surface area contributed by atoms with Gasteiger partial charge in [0.1, 0.15) is 48.1 Å². The number of nitrogens with zero attached hydrogens (tertiary/aromatic N) is 19. The Morgan fingerprint density at radius 2 is 0.689 bits per heavy atom. The zero-order valence-corrected chi connectivity index (χ0v) is 73.1. The second kappa shape index (κ2) is 36.6. The van der Waals surface area contributed by atoms with Gasteiger partial charge >= 0.3 is 0 Å². The molecule has 0 atom stereocenters. The Morgan fingerprint density at radius 1 is 0.393 bits per heavy atom. The second-order valence-corrected chi connectivity index (χ2v) is 33.3. The lowest BCUT2D eigenvalue weighted by molar-refractivity contribution is -0.114. The standard InChI is InChI=1S/C23H25N7O2S.C22H24N6O2S.C19H17BrN6O2S.C19H17ClN6O2S/c1-27-9-11-30(12-10-27)21(31)15-4-6-16(7-5-15)25-23-24-14-18-20(26-23)28(2)17-8-13-33-19(17)22(32)29(18)3;1-26-17-9-12-31-19(17)21(30)27(2)18-13-23-22(25-20(18)26)24-14-3-5-15(6-4-14)28-10-7-16(29)8-11-28;2*1-25-13-7-8-29-16(13)18(28)26(2)14-10-21-19(24-17(14)25)23-12-5-3-11(4-6-12)22-15(27)9-20/h4-8,13-14H,9-12H2,1-3H3,(H,24,25,26);3-6,9,12-13,16,29H,7-8,10-11H2,1-2H3,(H,23,24,25);2*3-8,10H,9H2,1-2H3,(H,22,27)(H,21,23,24). The van der Waals surface area contributed by atoms with Crippen molar-refractivity contribution in [2.75, 3.05) is 190 Å². The first-order valence-corrected chi connectivity index (χ1v) is 43.5. The van der Waals surface area contributed by atoms with Crippen molar-refractivity contribution in [2.24, 2.45) is 0 Å². The summed E-state index contributed by atoms with van der Waals surface area (Å²) in [7, 11) is 16.6. The number of thiophene rings is 4. The average Bonchev–Trinajstić information content (AvgIpc) is 1.64. The summed E-state index contributed by atoms with van der Waals surface area (Å²) >= 11 is 14.3. The van der Waals surface area contributed by atoms with Crippen LogP contribution in [0.1, 0.15) is 61.9 Å². The number of piperidine rings is 1.